The van der Waals surface area contributed by atoms with Crippen molar-refractivity contribution < 1.29 is 14.4 Å². The molecule has 40 heavy (non-hydrogen) atoms. The van der Waals surface area contributed by atoms with Gasteiger partial charge in [0.05, 0.1) is 23.6 Å². The average molecular weight is 563 g/mol. The van der Waals surface area contributed by atoms with Crippen molar-refractivity contribution in [1.29, 1.82) is 0 Å². The van der Waals surface area contributed by atoms with E-state index in [1.807, 2.05) is 72.8 Å². The van der Waals surface area contributed by atoms with Gasteiger partial charge in [0.15, 0.2) is 0 Å². The quantitative estimate of drug-likeness (QED) is 0.195. The first-order valence-corrected chi connectivity index (χ1v) is 13.7. The van der Waals surface area contributed by atoms with Crippen LogP contribution in [0, 0.1) is 0 Å². The van der Waals surface area contributed by atoms with E-state index in [9.17, 15) is 14.4 Å². The van der Waals surface area contributed by atoms with Gasteiger partial charge in [-0.1, -0.05) is 84.6 Å². The first-order valence-electron chi connectivity index (χ1n) is 12.5. The first kappa shape index (κ1) is 25.7. The van der Waals surface area contributed by atoms with E-state index < -0.39 is 11.8 Å². The Bertz CT molecular complexity index is 1630. The highest BCUT2D eigenvalue weighted by Crippen LogP contribution is 2.47. The van der Waals surface area contributed by atoms with Gasteiger partial charge in [-0.2, -0.15) is 0 Å². The van der Waals surface area contributed by atoms with Gasteiger partial charge in [0.1, 0.15) is 5.57 Å². The fourth-order valence-electron chi connectivity index (χ4n) is 4.59. The van der Waals surface area contributed by atoms with Crippen LogP contribution in [-0.4, -0.2) is 34.4 Å². The lowest BCUT2D eigenvalue weighted by atomic mass is 10.1. The molecule has 0 bridgehead atoms. The molecule has 0 aromatic heterocycles. The van der Waals surface area contributed by atoms with Crippen LogP contribution in [0.1, 0.15) is 5.56 Å². The van der Waals surface area contributed by atoms with Crippen LogP contribution in [0.3, 0.4) is 0 Å². The molecule has 2 aliphatic heterocycles. The number of thiocarbonyl (C=S) groups is 1. The number of nitrogens with one attached hydrogen (secondary N) is 1. The summed E-state index contributed by atoms with van der Waals surface area (Å²) in [6.07, 6.45) is 1.53. The SMILES string of the molecule is O=C1/C(=C\c2ccccc2)C(=O)N(c2ccccc2)C(=S)N1NCC(=O)N1c2ccccc2Sc2ccccc21. The van der Waals surface area contributed by atoms with Crippen LogP contribution in [0.25, 0.3) is 6.08 Å². The Hall–Kier alpha value is -4.57. The van der Waals surface area contributed by atoms with E-state index >= 15 is 0 Å². The maximum absolute atomic E-state index is 13.7. The molecule has 9 heteroatoms. The van der Waals surface area contributed by atoms with Crippen molar-refractivity contribution in [2.24, 2.45) is 0 Å². The van der Waals surface area contributed by atoms with Crippen molar-refractivity contribution in [2.45, 2.75) is 9.79 Å². The van der Waals surface area contributed by atoms with Gasteiger partial charge in [-0.05, 0) is 60.3 Å². The zero-order chi connectivity index (χ0) is 27.6. The highest BCUT2D eigenvalue weighted by atomic mass is 32.2. The second kappa shape index (κ2) is 10.9. The number of amides is 3. The molecule has 2 heterocycles. The van der Waals surface area contributed by atoms with Gasteiger partial charge in [-0.3, -0.25) is 24.2 Å². The molecule has 0 atom stereocenters. The fraction of sp³-hybridized carbons (Fsp3) is 0.0323. The van der Waals surface area contributed by atoms with E-state index in [1.165, 1.54) is 11.0 Å². The molecular formula is C31H22N4O3S2. The van der Waals surface area contributed by atoms with Crippen LogP contribution >= 0.6 is 24.0 Å². The zero-order valence-electron chi connectivity index (χ0n) is 21.1. The summed E-state index contributed by atoms with van der Waals surface area (Å²) in [6, 6.07) is 33.3. The average Bonchev–Trinajstić information content (AvgIpc) is 2.99. The van der Waals surface area contributed by atoms with E-state index in [-0.39, 0.29) is 23.1 Å². The molecule has 0 radical (unpaired) electrons. The Kier molecular flexibility index (Phi) is 7.00. The number of hydrogen-bond acceptors (Lipinski definition) is 6. The Morgan fingerprint density at radius 2 is 1.30 bits per heavy atom. The number of benzene rings is 4. The van der Waals surface area contributed by atoms with Gasteiger partial charge < -0.3 is 0 Å². The topological polar surface area (TPSA) is 73.0 Å². The highest BCUT2D eigenvalue weighted by Gasteiger charge is 2.41. The van der Waals surface area contributed by atoms with Crippen molar-refractivity contribution >= 4 is 70.0 Å². The van der Waals surface area contributed by atoms with Crippen LogP contribution in [0.15, 0.2) is 125 Å². The fourth-order valence-corrected chi connectivity index (χ4v) is 5.98. The lowest BCUT2D eigenvalue weighted by molar-refractivity contribution is -0.130. The Morgan fingerprint density at radius 1 is 0.750 bits per heavy atom. The van der Waals surface area contributed by atoms with Crippen LogP contribution < -0.4 is 15.2 Å². The Morgan fingerprint density at radius 3 is 1.93 bits per heavy atom. The third kappa shape index (κ3) is 4.71. The summed E-state index contributed by atoms with van der Waals surface area (Å²) in [5.74, 6) is -1.45. The van der Waals surface area contributed by atoms with Crippen LogP contribution in [0.5, 0.6) is 0 Å². The molecule has 4 aromatic carbocycles. The minimum Gasteiger partial charge on any atom is -0.278 e. The molecule has 0 aliphatic carbocycles. The number of hydrogen-bond donors (Lipinski definition) is 1. The van der Waals surface area contributed by atoms with E-state index in [1.54, 1.807) is 53.1 Å². The van der Waals surface area contributed by atoms with E-state index in [0.717, 1.165) is 26.2 Å². The van der Waals surface area contributed by atoms with Crippen molar-refractivity contribution in [1.82, 2.24) is 10.4 Å². The highest BCUT2D eigenvalue weighted by molar-refractivity contribution is 7.99. The second-order valence-corrected chi connectivity index (χ2v) is 10.4. The Labute approximate surface area is 240 Å². The number of fused-ring (bicyclic) bond motifs is 2. The number of nitrogens with zero attached hydrogens (tertiary/aromatic N) is 3. The summed E-state index contributed by atoms with van der Waals surface area (Å²) in [7, 11) is 0. The van der Waals surface area contributed by atoms with Gasteiger partial charge in [0, 0.05) is 9.79 Å². The van der Waals surface area contributed by atoms with Crippen LogP contribution in [0.4, 0.5) is 17.1 Å². The van der Waals surface area contributed by atoms with Gasteiger partial charge in [-0.25, -0.2) is 10.4 Å². The predicted octanol–water partition coefficient (Wildman–Crippen LogP) is 5.56. The summed E-state index contributed by atoms with van der Waals surface area (Å²) in [4.78, 5) is 45.8. The number of para-hydroxylation sites is 3. The number of anilines is 3. The molecule has 0 unspecified atom stereocenters. The van der Waals surface area contributed by atoms with E-state index in [2.05, 4.69) is 5.43 Å². The number of carbonyl (C=O) groups is 3. The van der Waals surface area contributed by atoms with Crippen molar-refractivity contribution in [2.75, 3.05) is 16.3 Å². The van der Waals surface area contributed by atoms with Crippen molar-refractivity contribution in [3.63, 3.8) is 0 Å². The second-order valence-electron chi connectivity index (χ2n) is 8.97. The summed E-state index contributed by atoms with van der Waals surface area (Å²) in [5, 5.41) is 1.04. The summed E-state index contributed by atoms with van der Waals surface area (Å²) in [6.45, 7) is -0.241. The third-order valence-corrected chi connectivity index (χ3v) is 7.94. The van der Waals surface area contributed by atoms with Gasteiger partial charge in [0.25, 0.3) is 11.8 Å². The molecule has 0 spiro atoms. The summed E-state index contributed by atoms with van der Waals surface area (Å²) >= 11 is 7.23. The van der Waals surface area contributed by atoms with E-state index in [0.29, 0.717) is 11.3 Å². The van der Waals surface area contributed by atoms with Gasteiger partial charge >= 0.3 is 0 Å². The summed E-state index contributed by atoms with van der Waals surface area (Å²) < 4.78 is 0. The standard InChI is InChI=1S/C31H22N4O3S2/c36-28(34-24-15-7-9-17-26(24)40-27-18-10-8-16-25(27)34)20-32-35-30(38)23(19-21-11-3-1-4-12-21)29(37)33(31(35)39)22-13-5-2-6-14-22/h1-19,32H,20H2/b23-19-. The monoisotopic (exact) mass is 562 g/mol. The molecule has 196 valence electrons. The van der Waals surface area contributed by atoms with E-state index in [4.69, 9.17) is 12.2 Å². The molecule has 4 aromatic rings. The zero-order valence-corrected chi connectivity index (χ0v) is 22.7. The minimum absolute atomic E-state index is 0.0609. The van der Waals surface area contributed by atoms with Crippen LogP contribution in [-0.2, 0) is 14.4 Å². The molecule has 1 fully saturated rings. The van der Waals surface area contributed by atoms with Gasteiger partial charge in [0.2, 0.25) is 11.0 Å². The lowest BCUT2D eigenvalue weighted by Crippen LogP contribution is -2.62. The molecule has 7 nitrogen and oxygen atoms in total. The largest absolute Gasteiger partial charge is 0.280 e. The Balaban J connectivity index is 1.33. The maximum Gasteiger partial charge on any atom is 0.280 e. The molecule has 6 rings (SSSR count). The van der Waals surface area contributed by atoms with Crippen molar-refractivity contribution in [3.05, 3.63) is 120 Å². The smallest absolute Gasteiger partial charge is 0.278 e. The number of rotatable bonds is 5. The number of hydrazine groups is 1. The van der Waals surface area contributed by atoms with Crippen molar-refractivity contribution in [3.8, 4) is 0 Å². The molecule has 0 saturated carbocycles. The molecular weight excluding hydrogens is 541 g/mol. The van der Waals surface area contributed by atoms with Crippen LogP contribution in [0.2, 0.25) is 0 Å². The third-order valence-electron chi connectivity index (χ3n) is 6.44. The molecule has 1 saturated heterocycles. The molecule has 2 aliphatic rings. The normalized spacial score (nSPS) is 15.8. The number of carbonyl (C=O) groups excluding carboxylic acids is 3. The van der Waals surface area contributed by atoms with Gasteiger partial charge in [-0.15, -0.1) is 0 Å². The first-order chi connectivity index (χ1) is 19.5. The lowest BCUT2D eigenvalue weighted by Gasteiger charge is -2.37. The predicted molar refractivity (Wildman–Crippen MR) is 160 cm³/mol. The summed E-state index contributed by atoms with van der Waals surface area (Å²) in [5.41, 5.74) is 5.57. The molecule has 3 amide bonds. The molecule has 1 N–H and O–H groups in total. The maximum atomic E-state index is 13.7. The minimum atomic E-state index is -0.631.